The van der Waals surface area contributed by atoms with Crippen molar-refractivity contribution >= 4 is 5.95 Å². The Morgan fingerprint density at radius 3 is 2.68 bits per heavy atom. The highest BCUT2D eigenvalue weighted by atomic mass is 19.4. The van der Waals surface area contributed by atoms with Crippen LogP contribution in [-0.2, 0) is 6.18 Å². The lowest BCUT2D eigenvalue weighted by atomic mass is 10.0. The molecule has 1 fully saturated rings. The molecule has 1 aliphatic heterocycles. The van der Waals surface area contributed by atoms with Gasteiger partial charge < -0.3 is 10.6 Å². The summed E-state index contributed by atoms with van der Waals surface area (Å²) in [6.45, 7) is 3.36. The molecule has 2 aromatic rings. The molecule has 2 N–H and O–H groups in total. The van der Waals surface area contributed by atoms with E-state index in [0.29, 0.717) is 35.9 Å². The van der Waals surface area contributed by atoms with Crippen LogP contribution in [0.5, 0.6) is 0 Å². The summed E-state index contributed by atoms with van der Waals surface area (Å²) in [7, 11) is 0. The standard InChI is InChI=1S/C17H18F4N4/c1-10-14(13-5-4-11(7-15(13)18)17(19,20)21)9-24-16(25-10)23-8-12-3-2-6-22-12/h4-5,7,9,12,22H,2-3,6,8H2,1H3,(H,23,24,25)/t12-/m0/s1. The highest BCUT2D eigenvalue weighted by molar-refractivity contribution is 5.66. The topological polar surface area (TPSA) is 49.8 Å². The number of benzene rings is 1. The molecule has 1 aromatic carbocycles. The van der Waals surface area contributed by atoms with Gasteiger partial charge in [-0.2, -0.15) is 13.2 Å². The van der Waals surface area contributed by atoms with E-state index in [0.717, 1.165) is 31.5 Å². The Balaban J connectivity index is 1.78. The summed E-state index contributed by atoms with van der Waals surface area (Å²) in [4.78, 5) is 8.43. The van der Waals surface area contributed by atoms with Gasteiger partial charge in [-0.05, 0) is 38.4 Å². The molecule has 2 heterocycles. The number of rotatable bonds is 4. The summed E-state index contributed by atoms with van der Waals surface area (Å²) in [5, 5.41) is 6.47. The molecule has 0 amide bonds. The fraction of sp³-hybridized carbons (Fsp3) is 0.412. The van der Waals surface area contributed by atoms with Crippen LogP contribution in [0.15, 0.2) is 24.4 Å². The SMILES string of the molecule is Cc1nc(NC[C@@H]2CCCN2)ncc1-c1ccc(C(F)(F)F)cc1F. The van der Waals surface area contributed by atoms with Gasteiger partial charge in [-0.3, -0.25) is 0 Å². The molecule has 1 aliphatic rings. The second-order valence-electron chi connectivity index (χ2n) is 6.06. The van der Waals surface area contributed by atoms with Gasteiger partial charge in [0, 0.05) is 29.9 Å². The van der Waals surface area contributed by atoms with Gasteiger partial charge in [0.15, 0.2) is 0 Å². The van der Waals surface area contributed by atoms with Crippen LogP contribution in [0, 0.1) is 12.7 Å². The minimum Gasteiger partial charge on any atom is -0.353 e. The van der Waals surface area contributed by atoms with Crippen molar-refractivity contribution in [2.24, 2.45) is 0 Å². The lowest BCUT2D eigenvalue weighted by Gasteiger charge is -2.13. The molecule has 0 unspecified atom stereocenters. The lowest BCUT2D eigenvalue weighted by molar-refractivity contribution is -0.137. The quantitative estimate of drug-likeness (QED) is 0.821. The van der Waals surface area contributed by atoms with Crippen LogP contribution in [0.2, 0.25) is 0 Å². The molecule has 0 saturated carbocycles. The first-order valence-electron chi connectivity index (χ1n) is 8.02. The number of halogens is 4. The third-order valence-electron chi connectivity index (χ3n) is 4.23. The van der Waals surface area contributed by atoms with Gasteiger partial charge in [-0.25, -0.2) is 14.4 Å². The van der Waals surface area contributed by atoms with E-state index in [4.69, 9.17) is 0 Å². The first-order chi connectivity index (χ1) is 11.8. The van der Waals surface area contributed by atoms with E-state index in [1.165, 1.54) is 6.20 Å². The van der Waals surface area contributed by atoms with Crippen molar-refractivity contribution in [3.8, 4) is 11.1 Å². The lowest BCUT2D eigenvalue weighted by Crippen LogP contribution is -2.29. The minimum absolute atomic E-state index is 0.0505. The van der Waals surface area contributed by atoms with Gasteiger partial charge >= 0.3 is 6.18 Å². The predicted molar refractivity (Wildman–Crippen MR) is 86.7 cm³/mol. The monoisotopic (exact) mass is 354 g/mol. The fourth-order valence-electron chi connectivity index (χ4n) is 2.87. The van der Waals surface area contributed by atoms with Crippen molar-refractivity contribution in [1.29, 1.82) is 0 Å². The molecule has 0 radical (unpaired) electrons. The van der Waals surface area contributed by atoms with E-state index in [9.17, 15) is 17.6 Å². The second kappa shape index (κ2) is 6.95. The Hall–Kier alpha value is -2.22. The number of aryl methyl sites for hydroxylation is 1. The van der Waals surface area contributed by atoms with Crippen LogP contribution < -0.4 is 10.6 Å². The normalized spacial score (nSPS) is 17.7. The second-order valence-corrected chi connectivity index (χ2v) is 6.06. The van der Waals surface area contributed by atoms with E-state index in [-0.39, 0.29) is 5.56 Å². The van der Waals surface area contributed by atoms with Crippen LogP contribution in [0.1, 0.15) is 24.1 Å². The molecular formula is C17H18F4N4. The molecule has 1 atom stereocenters. The van der Waals surface area contributed by atoms with Crippen LogP contribution in [0.3, 0.4) is 0 Å². The van der Waals surface area contributed by atoms with Crippen molar-refractivity contribution in [2.75, 3.05) is 18.4 Å². The Morgan fingerprint density at radius 2 is 2.08 bits per heavy atom. The van der Waals surface area contributed by atoms with Crippen molar-refractivity contribution < 1.29 is 17.6 Å². The van der Waals surface area contributed by atoms with E-state index >= 15 is 0 Å². The van der Waals surface area contributed by atoms with Gasteiger partial charge in [0.05, 0.1) is 11.3 Å². The summed E-state index contributed by atoms with van der Waals surface area (Å²) in [5.74, 6) is -0.528. The zero-order chi connectivity index (χ0) is 18.0. The molecule has 0 bridgehead atoms. The van der Waals surface area contributed by atoms with Crippen LogP contribution in [0.4, 0.5) is 23.5 Å². The molecule has 3 rings (SSSR count). The maximum Gasteiger partial charge on any atom is 0.416 e. The molecule has 0 aliphatic carbocycles. The van der Waals surface area contributed by atoms with Gasteiger partial charge in [-0.1, -0.05) is 6.07 Å². The zero-order valence-corrected chi connectivity index (χ0v) is 13.6. The summed E-state index contributed by atoms with van der Waals surface area (Å²) >= 11 is 0. The predicted octanol–water partition coefficient (Wildman–Crippen LogP) is 3.77. The fourth-order valence-corrected chi connectivity index (χ4v) is 2.87. The average molecular weight is 354 g/mol. The number of hydrogen-bond acceptors (Lipinski definition) is 4. The van der Waals surface area contributed by atoms with Gasteiger partial charge in [0.2, 0.25) is 5.95 Å². The Kier molecular flexibility index (Phi) is 4.89. The largest absolute Gasteiger partial charge is 0.416 e. The summed E-state index contributed by atoms with van der Waals surface area (Å²) in [5.41, 5.74) is -0.101. The molecule has 4 nitrogen and oxygen atoms in total. The smallest absolute Gasteiger partial charge is 0.353 e. The third-order valence-corrected chi connectivity index (χ3v) is 4.23. The van der Waals surface area contributed by atoms with Crippen LogP contribution in [-0.4, -0.2) is 29.1 Å². The maximum atomic E-state index is 14.1. The molecular weight excluding hydrogens is 336 g/mol. The summed E-state index contributed by atoms with van der Waals surface area (Å²) in [6.07, 6.45) is -0.926. The molecule has 0 spiro atoms. The van der Waals surface area contributed by atoms with Gasteiger partial charge in [0.1, 0.15) is 5.82 Å². The Bertz CT molecular complexity index is 755. The highest BCUT2D eigenvalue weighted by Gasteiger charge is 2.31. The van der Waals surface area contributed by atoms with Crippen molar-refractivity contribution in [3.05, 3.63) is 41.5 Å². The van der Waals surface area contributed by atoms with E-state index in [1.807, 2.05) is 0 Å². The minimum atomic E-state index is -4.58. The van der Waals surface area contributed by atoms with Crippen molar-refractivity contribution in [2.45, 2.75) is 32.0 Å². The summed E-state index contributed by atoms with van der Waals surface area (Å²) in [6, 6.07) is 2.83. The number of aromatic nitrogens is 2. The third kappa shape index (κ3) is 4.07. The summed E-state index contributed by atoms with van der Waals surface area (Å²) < 4.78 is 52.0. The van der Waals surface area contributed by atoms with Crippen LogP contribution >= 0.6 is 0 Å². The van der Waals surface area contributed by atoms with E-state index in [2.05, 4.69) is 20.6 Å². The van der Waals surface area contributed by atoms with Crippen molar-refractivity contribution in [3.63, 3.8) is 0 Å². The first-order valence-corrected chi connectivity index (χ1v) is 8.02. The van der Waals surface area contributed by atoms with Crippen molar-refractivity contribution in [1.82, 2.24) is 15.3 Å². The maximum absolute atomic E-state index is 14.1. The van der Waals surface area contributed by atoms with Gasteiger partial charge in [-0.15, -0.1) is 0 Å². The number of hydrogen-bond donors (Lipinski definition) is 2. The Morgan fingerprint density at radius 1 is 1.28 bits per heavy atom. The van der Waals surface area contributed by atoms with E-state index in [1.54, 1.807) is 6.92 Å². The average Bonchev–Trinajstić information content (AvgIpc) is 3.06. The number of alkyl halides is 3. The highest BCUT2D eigenvalue weighted by Crippen LogP contribution is 2.33. The molecule has 1 saturated heterocycles. The number of nitrogens with one attached hydrogen (secondary N) is 2. The molecule has 134 valence electrons. The zero-order valence-electron chi connectivity index (χ0n) is 13.6. The van der Waals surface area contributed by atoms with E-state index < -0.39 is 17.6 Å². The molecule has 25 heavy (non-hydrogen) atoms. The Labute approximate surface area is 142 Å². The molecule has 8 heteroatoms. The molecule has 1 aromatic heterocycles. The van der Waals surface area contributed by atoms with Crippen LogP contribution in [0.25, 0.3) is 11.1 Å². The van der Waals surface area contributed by atoms with Gasteiger partial charge in [0.25, 0.3) is 0 Å². The number of nitrogens with zero attached hydrogens (tertiary/aromatic N) is 2. The number of anilines is 1. The first kappa shape index (κ1) is 17.6.